The molecule has 0 bridgehead atoms. The minimum atomic E-state index is -0.179. The van der Waals surface area contributed by atoms with Crippen molar-refractivity contribution in [2.45, 2.75) is 26.3 Å². The first-order valence-corrected chi connectivity index (χ1v) is 9.51. The third kappa shape index (κ3) is 3.57. The number of primary amides is 1. The Kier molecular flexibility index (Phi) is 4.90. The molecule has 1 saturated heterocycles. The summed E-state index contributed by atoms with van der Waals surface area (Å²) in [4.78, 5) is 23.0. The molecule has 1 fully saturated rings. The van der Waals surface area contributed by atoms with Crippen LogP contribution in [0.3, 0.4) is 0 Å². The SMILES string of the molecule is Cc1ccc2ncccc2c1-c1nccn1CCN1CCCC(C(N)=O)C1. The van der Waals surface area contributed by atoms with Gasteiger partial charge in [-0.25, -0.2) is 4.98 Å². The number of piperidine rings is 1. The van der Waals surface area contributed by atoms with Crippen molar-refractivity contribution in [1.29, 1.82) is 0 Å². The Hall–Kier alpha value is -2.73. The van der Waals surface area contributed by atoms with Crippen molar-refractivity contribution < 1.29 is 4.79 Å². The zero-order valence-corrected chi connectivity index (χ0v) is 15.6. The lowest BCUT2D eigenvalue weighted by atomic mass is 9.97. The summed E-state index contributed by atoms with van der Waals surface area (Å²) in [6.07, 6.45) is 7.63. The zero-order valence-electron chi connectivity index (χ0n) is 15.6. The van der Waals surface area contributed by atoms with Crippen LogP contribution in [0.4, 0.5) is 0 Å². The zero-order chi connectivity index (χ0) is 18.8. The van der Waals surface area contributed by atoms with Crippen molar-refractivity contribution in [1.82, 2.24) is 19.4 Å². The fourth-order valence-electron chi connectivity index (χ4n) is 4.02. The predicted molar refractivity (Wildman–Crippen MR) is 106 cm³/mol. The van der Waals surface area contributed by atoms with Crippen molar-refractivity contribution in [2.75, 3.05) is 19.6 Å². The largest absolute Gasteiger partial charge is 0.369 e. The average Bonchev–Trinajstić information content (AvgIpc) is 3.14. The number of nitrogens with zero attached hydrogens (tertiary/aromatic N) is 4. The number of aromatic nitrogens is 3. The van der Waals surface area contributed by atoms with Crippen LogP contribution in [0.1, 0.15) is 18.4 Å². The van der Waals surface area contributed by atoms with E-state index in [2.05, 4.69) is 44.6 Å². The molecule has 1 amide bonds. The Morgan fingerprint density at radius 3 is 2.96 bits per heavy atom. The number of aryl methyl sites for hydroxylation is 1. The quantitative estimate of drug-likeness (QED) is 0.756. The first-order chi connectivity index (χ1) is 13.1. The second-order valence-electron chi connectivity index (χ2n) is 7.31. The molecule has 1 atom stereocenters. The van der Waals surface area contributed by atoms with E-state index in [1.54, 1.807) is 0 Å². The summed E-state index contributed by atoms with van der Waals surface area (Å²) in [7, 11) is 0. The van der Waals surface area contributed by atoms with Gasteiger partial charge in [0.05, 0.1) is 11.4 Å². The number of nitrogens with two attached hydrogens (primary N) is 1. The Morgan fingerprint density at radius 2 is 2.11 bits per heavy atom. The molecule has 2 aromatic heterocycles. The maximum Gasteiger partial charge on any atom is 0.221 e. The highest BCUT2D eigenvalue weighted by atomic mass is 16.1. The molecule has 0 spiro atoms. The number of fused-ring (bicyclic) bond motifs is 1. The van der Waals surface area contributed by atoms with Gasteiger partial charge >= 0.3 is 0 Å². The molecule has 3 aromatic rings. The van der Waals surface area contributed by atoms with Crippen molar-refractivity contribution in [2.24, 2.45) is 11.7 Å². The Bertz CT molecular complexity index is 964. The van der Waals surface area contributed by atoms with Gasteiger partial charge in [0.25, 0.3) is 0 Å². The molecule has 1 aliphatic heterocycles. The van der Waals surface area contributed by atoms with Crippen LogP contribution < -0.4 is 5.73 Å². The number of imidazole rings is 1. The standard InChI is InChI=1S/C21H25N5O/c1-15-6-7-18-17(5-2-8-23-18)19(15)21-24-9-11-26(21)13-12-25-10-3-4-16(14-25)20(22)27/h2,5-9,11,16H,3-4,10,12-14H2,1H3,(H2,22,27). The Balaban J connectivity index is 1.58. The van der Waals surface area contributed by atoms with E-state index in [1.807, 2.05) is 24.7 Å². The second kappa shape index (κ2) is 7.48. The van der Waals surface area contributed by atoms with E-state index in [9.17, 15) is 4.79 Å². The van der Waals surface area contributed by atoms with Gasteiger partial charge in [0.1, 0.15) is 5.82 Å². The molecule has 6 nitrogen and oxygen atoms in total. The molecular formula is C21H25N5O. The second-order valence-corrected chi connectivity index (χ2v) is 7.31. The van der Waals surface area contributed by atoms with Gasteiger partial charge in [0, 0.05) is 49.2 Å². The molecule has 4 rings (SSSR count). The highest BCUT2D eigenvalue weighted by molar-refractivity contribution is 5.94. The van der Waals surface area contributed by atoms with Gasteiger partial charge in [-0.3, -0.25) is 9.78 Å². The van der Waals surface area contributed by atoms with E-state index >= 15 is 0 Å². The lowest BCUT2D eigenvalue weighted by Gasteiger charge is -2.31. The van der Waals surface area contributed by atoms with Gasteiger partial charge in [0.15, 0.2) is 0 Å². The summed E-state index contributed by atoms with van der Waals surface area (Å²) in [5.74, 6) is 0.767. The number of carbonyl (C=O) groups excluding carboxylic acids is 1. The first kappa shape index (κ1) is 17.7. The molecule has 2 N–H and O–H groups in total. The van der Waals surface area contributed by atoms with Crippen molar-refractivity contribution in [3.63, 3.8) is 0 Å². The molecule has 27 heavy (non-hydrogen) atoms. The third-order valence-electron chi connectivity index (χ3n) is 5.50. The first-order valence-electron chi connectivity index (χ1n) is 9.51. The molecule has 1 aliphatic rings. The van der Waals surface area contributed by atoms with Crippen LogP contribution in [0.5, 0.6) is 0 Å². The van der Waals surface area contributed by atoms with Crippen LogP contribution in [-0.4, -0.2) is 45.0 Å². The summed E-state index contributed by atoms with van der Waals surface area (Å²) in [6, 6.07) is 8.23. The summed E-state index contributed by atoms with van der Waals surface area (Å²) < 4.78 is 2.20. The number of hydrogen-bond donors (Lipinski definition) is 1. The van der Waals surface area contributed by atoms with Crippen molar-refractivity contribution in [3.8, 4) is 11.4 Å². The van der Waals surface area contributed by atoms with E-state index in [-0.39, 0.29) is 11.8 Å². The molecule has 3 heterocycles. The van der Waals surface area contributed by atoms with Gasteiger partial charge in [-0.2, -0.15) is 0 Å². The number of amides is 1. The number of benzene rings is 1. The Labute approximate surface area is 159 Å². The summed E-state index contributed by atoms with van der Waals surface area (Å²) in [5.41, 5.74) is 8.81. The van der Waals surface area contributed by atoms with Gasteiger partial charge in [0.2, 0.25) is 5.91 Å². The number of likely N-dealkylation sites (tertiary alicyclic amines) is 1. The number of carbonyl (C=O) groups is 1. The fraction of sp³-hybridized carbons (Fsp3) is 0.381. The number of rotatable bonds is 5. The molecule has 0 radical (unpaired) electrons. The van der Waals surface area contributed by atoms with Crippen LogP contribution in [0, 0.1) is 12.8 Å². The van der Waals surface area contributed by atoms with Crippen molar-refractivity contribution >= 4 is 16.8 Å². The predicted octanol–water partition coefficient (Wildman–Crippen LogP) is 2.60. The van der Waals surface area contributed by atoms with Crippen LogP contribution >= 0.6 is 0 Å². The summed E-state index contributed by atoms with van der Waals surface area (Å²) in [6.45, 7) is 5.61. The van der Waals surface area contributed by atoms with E-state index in [0.29, 0.717) is 0 Å². The lowest BCUT2D eigenvalue weighted by Crippen LogP contribution is -2.42. The minimum absolute atomic E-state index is 0.0209. The average molecular weight is 363 g/mol. The smallest absolute Gasteiger partial charge is 0.221 e. The molecular weight excluding hydrogens is 338 g/mol. The van der Waals surface area contributed by atoms with E-state index in [4.69, 9.17) is 5.73 Å². The van der Waals surface area contributed by atoms with Crippen LogP contribution in [0.15, 0.2) is 42.9 Å². The normalized spacial score (nSPS) is 18.0. The molecule has 6 heteroatoms. The third-order valence-corrected chi connectivity index (χ3v) is 5.50. The molecule has 0 aliphatic carbocycles. The van der Waals surface area contributed by atoms with Crippen LogP contribution in [0.2, 0.25) is 0 Å². The molecule has 1 unspecified atom stereocenters. The number of hydrogen-bond acceptors (Lipinski definition) is 4. The van der Waals surface area contributed by atoms with E-state index in [0.717, 1.165) is 61.3 Å². The maximum atomic E-state index is 11.5. The van der Waals surface area contributed by atoms with Gasteiger partial charge < -0.3 is 15.2 Å². The summed E-state index contributed by atoms with van der Waals surface area (Å²) in [5, 5.41) is 1.12. The molecule has 0 saturated carbocycles. The van der Waals surface area contributed by atoms with Gasteiger partial charge in [-0.05, 0) is 44.0 Å². The lowest BCUT2D eigenvalue weighted by molar-refractivity contribution is -0.123. The molecule has 140 valence electrons. The maximum absolute atomic E-state index is 11.5. The highest BCUT2D eigenvalue weighted by Crippen LogP contribution is 2.30. The number of pyridine rings is 1. The van der Waals surface area contributed by atoms with Gasteiger partial charge in [-0.1, -0.05) is 12.1 Å². The molecule has 1 aromatic carbocycles. The fourth-order valence-corrected chi connectivity index (χ4v) is 4.02. The summed E-state index contributed by atoms with van der Waals surface area (Å²) >= 11 is 0. The van der Waals surface area contributed by atoms with E-state index < -0.39 is 0 Å². The highest BCUT2D eigenvalue weighted by Gasteiger charge is 2.24. The van der Waals surface area contributed by atoms with Gasteiger partial charge in [-0.15, -0.1) is 0 Å². The minimum Gasteiger partial charge on any atom is -0.369 e. The topological polar surface area (TPSA) is 77.0 Å². The Morgan fingerprint density at radius 1 is 1.22 bits per heavy atom. The van der Waals surface area contributed by atoms with Crippen LogP contribution in [-0.2, 0) is 11.3 Å². The van der Waals surface area contributed by atoms with E-state index in [1.165, 1.54) is 5.56 Å². The van der Waals surface area contributed by atoms with Crippen molar-refractivity contribution in [3.05, 3.63) is 48.4 Å². The monoisotopic (exact) mass is 363 g/mol. The van der Waals surface area contributed by atoms with Crippen LogP contribution in [0.25, 0.3) is 22.3 Å².